The van der Waals surface area contributed by atoms with Crippen molar-refractivity contribution in [3.8, 4) is 11.3 Å². The lowest BCUT2D eigenvalue weighted by atomic mass is 9.98. The summed E-state index contributed by atoms with van der Waals surface area (Å²) >= 11 is 0. The van der Waals surface area contributed by atoms with Crippen LogP contribution < -0.4 is 5.32 Å². The number of nitrogens with one attached hydrogen (secondary N) is 1. The van der Waals surface area contributed by atoms with Crippen LogP contribution >= 0.6 is 12.4 Å². The molecule has 140 valence electrons. The summed E-state index contributed by atoms with van der Waals surface area (Å²) in [4.78, 5) is 14.4. The van der Waals surface area contributed by atoms with Crippen molar-refractivity contribution in [2.24, 2.45) is 0 Å². The molecule has 2 aromatic carbocycles. The Kier molecular flexibility index (Phi) is 5.94. The van der Waals surface area contributed by atoms with E-state index in [1.54, 1.807) is 11.9 Å². The van der Waals surface area contributed by atoms with Crippen LogP contribution in [0.15, 0.2) is 59.1 Å². The molecule has 1 N–H and O–H groups in total. The van der Waals surface area contributed by atoms with Gasteiger partial charge in [0.15, 0.2) is 5.76 Å². The lowest BCUT2D eigenvalue weighted by Crippen LogP contribution is -2.27. The molecule has 0 aliphatic carbocycles. The maximum absolute atomic E-state index is 12.8. The second kappa shape index (κ2) is 8.37. The minimum Gasteiger partial charge on any atom is -0.359 e. The van der Waals surface area contributed by atoms with E-state index >= 15 is 0 Å². The maximum atomic E-state index is 12.8. The van der Waals surface area contributed by atoms with Crippen molar-refractivity contribution in [2.45, 2.75) is 19.5 Å². The van der Waals surface area contributed by atoms with Crippen LogP contribution in [0.3, 0.4) is 0 Å². The summed E-state index contributed by atoms with van der Waals surface area (Å²) in [5.41, 5.74) is 5.03. The van der Waals surface area contributed by atoms with Crippen LogP contribution in [0.5, 0.6) is 0 Å². The minimum atomic E-state index is -0.0102. The van der Waals surface area contributed by atoms with E-state index in [0.717, 1.165) is 36.3 Å². The standard InChI is InChI=1S/C21H21N3O2.ClH/c1-24(14-19-12-20(23-26-19)15-5-3-2-4-6-15)21(25)17-7-8-18-13-22-10-9-16(18)11-17;/h2-8,11-12,22H,9-10,13-14H2,1H3;1H. The molecular weight excluding hydrogens is 362 g/mol. The Balaban J connectivity index is 0.00000210. The van der Waals surface area contributed by atoms with Crippen molar-refractivity contribution in [3.05, 3.63) is 77.0 Å². The van der Waals surface area contributed by atoms with Gasteiger partial charge in [0.2, 0.25) is 0 Å². The Labute approximate surface area is 164 Å². The van der Waals surface area contributed by atoms with Crippen LogP contribution in [0.1, 0.15) is 27.2 Å². The zero-order chi connectivity index (χ0) is 17.9. The number of rotatable bonds is 4. The Morgan fingerprint density at radius 2 is 1.96 bits per heavy atom. The average molecular weight is 384 g/mol. The second-order valence-corrected chi connectivity index (χ2v) is 6.62. The summed E-state index contributed by atoms with van der Waals surface area (Å²) in [6.45, 7) is 2.22. The number of hydrogen-bond acceptors (Lipinski definition) is 4. The highest BCUT2D eigenvalue weighted by molar-refractivity contribution is 5.94. The lowest BCUT2D eigenvalue weighted by molar-refractivity contribution is 0.0772. The number of carbonyl (C=O) groups is 1. The van der Waals surface area contributed by atoms with Gasteiger partial charge in [-0.05, 0) is 36.2 Å². The van der Waals surface area contributed by atoms with E-state index in [2.05, 4.69) is 10.5 Å². The van der Waals surface area contributed by atoms with Gasteiger partial charge in [-0.1, -0.05) is 41.6 Å². The zero-order valence-corrected chi connectivity index (χ0v) is 16.0. The third-order valence-electron chi connectivity index (χ3n) is 4.71. The molecule has 1 aromatic heterocycles. The summed E-state index contributed by atoms with van der Waals surface area (Å²) in [6.07, 6.45) is 0.961. The lowest BCUT2D eigenvalue weighted by Gasteiger charge is -2.20. The van der Waals surface area contributed by atoms with Gasteiger partial charge < -0.3 is 14.7 Å². The van der Waals surface area contributed by atoms with Crippen LogP contribution in [0, 0.1) is 0 Å². The molecule has 27 heavy (non-hydrogen) atoms. The maximum Gasteiger partial charge on any atom is 0.254 e. The molecule has 0 atom stereocenters. The molecule has 1 aliphatic heterocycles. The molecule has 0 saturated heterocycles. The molecular formula is C21H22ClN3O2. The molecule has 4 rings (SSSR count). The van der Waals surface area contributed by atoms with Crippen LogP contribution in [0.4, 0.5) is 0 Å². The third kappa shape index (κ3) is 4.21. The van der Waals surface area contributed by atoms with E-state index < -0.39 is 0 Å². The summed E-state index contributed by atoms with van der Waals surface area (Å²) in [7, 11) is 1.79. The largest absolute Gasteiger partial charge is 0.359 e. The minimum absolute atomic E-state index is 0. The zero-order valence-electron chi connectivity index (χ0n) is 15.1. The van der Waals surface area contributed by atoms with Crippen molar-refractivity contribution >= 4 is 18.3 Å². The highest BCUT2D eigenvalue weighted by atomic mass is 35.5. The van der Waals surface area contributed by atoms with Crippen LogP contribution in [-0.2, 0) is 19.5 Å². The molecule has 6 heteroatoms. The van der Waals surface area contributed by atoms with Crippen LogP contribution in [-0.4, -0.2) is 29.6 Å². The quantitative estimate of drug-likeness (QED) is 0.746. The number of amides is 1. The van der Waals surface area contributed by atoms with E-state index in [4.69, 9.17) is 4.52 Å². The van der Waals surface area contributed by atoms with Gasteiger partial charge in [0.25, 0.3) is 5.91 Å². The van der Waals surface area contributed by atoms with Gasteiger partial charge in [0.1, 0.15) is 5.69 Å². The molecule has 2 heterocycles. The first kappa shape index (κ1) is 19.1. The Hall–Kier alpha value is -2.63. The molecule has 0 fully saturated rings. The van der Waals surface area contributed by atoms with Gasteiger partial charge in [0, 0.05) is 30.8 Å². The molecule has 1 amide bonds. The molecule has 0 radical (unpaired) electrons. The molecule has 0 spiro atoms. The monoisotopic (exact) mass is 383 g/mol. The summed E-state index contributed by atoms with van der Waals surface area (Å²) in [5, 5.41) is 7.46. The van der Waals surface area contributed by atoms with E-state index in [1.165, 1.54) is 11.1 Å². The van der Waals surface area contributed by atoms with Crippen LogP contribution in [0.25, 0.3) is 11.3 Å². The van der Waals surface area contributed by atoms with Crippen molar-refractivity contribution in [1.82, 2.24) is 15.4 Å². The number of carbonyl (C=O) groups excluding carboxylic acids is 1. The first-order valence-corrected chi connectivity index (χ1v) is 8.80. The fourth-order valence-electron chi connectivity index (χ4n) is 3.27. The van der Waals surface area contributed by atoms with Gasteiger partial charge in [-0.2, -0.15) is 0 Å². The topological polar surface area (TPSA) is 58.4 Å². The normalized spacial score (nSPS) is 12.8. The van der Waals surface area contributed by atoms with Crippen LogP contribution in [0.2, 0.25) is 0 Å². The summed E-state index contributed by atoms with van der Waals surface area (Å²) in [6, 6.07) is 17.7. The fraction of sp³-hybridized carbons (Fsp3) is 0.238. The highest BCUT2D eigenvalue weighted by Gasteiger charge is 2.17. The molecule has 0 saturated carbocycles. The van der Waals surface area contributed by atoms with E-state index in [1.807, 2.05) is 54.6 Å². The number of halogens is 1. The molecule has 3 aromatic rings. The number of hydrogen-bond donors (Lipinski definition) is 1. The predicted octanol–water partition coefficient (Wildman–Crippen LogP) is 3.68. The Morgan fingerprint density at radius 1 is 1.15 bits per heavy atom. The SMILES string of the molecule is CN(Cc1cc(-c2ccccc2)no1)C(=O)c1ccc2c(c1)CCNC2.Cl. The first-order chi connectivity index (χ1) is 12.7. The number of aromatic nitrogens is 1. The third-order valence-corrected chi connectivity index (χ3v) is 4.71. The predicted molar refractivity (Wildman–Crippen MR) is 107 cm³/mol. The average Bonchev–Trinajstić information content (AvgIpc) is 3.16. The summed E-state index contributed by atoms with van der Waals surface area (Å²) < 4.78 is 5.41. The summed E-state index contributed by atoms with van der Waals surface area (Å²) in [5.74, 6) is 0.658. The number of benzene rings is 2. The van der Waals surface area contributed by atoms with Gasteiger partial charge in [-0.15, -0.1) is 12.4 Å². The smallest absolute Gasteiger partial charge is 0.254 e. The van der Waals surface area contributed by atoms with Gasteiger partial charge in [0.05, 0.1) is 6.54 Å². The van der Waals surface area contributed by atoms with Gasteiger partial charge in [-0.25, -0.2) is 0 Å². The highest BCUT2D eigenvalue weighted by Crippen LogP contribution is 2.21. The van der Waals surface area contributed by atoms with E-state index in [0.29, 0.717) is 12.3 Å². The molecule has 1 aliphatic rings. The fourth-order valence-corrected chi connectivity index (χ4v) is 3.27. The van der Waals surface area contributed by atoms with E-state index in [9.17, 15) is 4.79 Å². The molecule has 5 nitrogen and oxygen atoms in total. The molecule has 0 unspecified atom stereocenters. The van der Waals surface area contributed by atoms with Gasteiger partial charge >= 0.3 is 0 Å². The number of fused-ring (bicyclic) bond motifs is 1. The Morgan fingerprint density at radius 3 is 2.78 bits per heavy atom. The van der Waals surface area contributed by atoms with Crippen molar-refractivity contribution < 1.29 is 9.32 Å². The second-order valence-electron chi connectivity index (χ2n) is 6.62. The van der Waals surface area contributed by atoms with Gasteiger partial charge in [-0.3, -0.25) is 4.79 Å². The Bertz CT molecular complexity index is 924. The van der Waals surface area contributed by atoms with Crippen molar-refractivity contribution in [2.75, 3.05) is 13.6 Å². The van der Waals surface area contributed by atoms with Crippen molar-refractivity contribution in [3.63, 3.8) is 0 Å². The molecule has 0 bridgehead atoms. The number of nitrogens with zero attached hydrogens (tertiary/aromatic N) is 2. The first-order valence-electron chi connectivity index (χ1n) is 8.80. The van der Waals surface area contributed by atoms with E-state index in [-0.39, 0.29) is 18.3 Å². The van der Waals surface area contributed by atoms with Crippen molar-refractivity contribution in [1.29, 1.82) is 0 Å².